The molecule has 1 aliphatic rings. The molecule has 0 aliphatic heterocycles. The summed E-state index contributed by atoms with van der Waals surface area (Å²) >= 11 is 0. The fraction of sp³-hybridized carbons (Fsp3) is 0.684. The summed E-state index contributed by atoms with van der Waals surface area (Å²) in [6.45, 7) is 7.45. The molecular weight excluding hydrogens is 258 g/mol. The van der Waals surface area contributed by atoms with Crippen molar-refractivity contribution in [1.82, 2.24) is 5.32 Å². The minimum Gasteiger partial charge on any atom is -0.387 e. The Morgan fingerprint density at radius 3 is 2.38 bits per heavy atom. The molecule has 1 saturated carbocycles. The zero-order valence-electron chi connectivity index (χ0n) is 13.8. The van der Waals surface area contributed by atoms with Gasteiger partial charge in [-0.05, 0) is 42.2 Å². The van der Waals surface area contributed by atoms with Crippen molar-refractivity contribution in [2.24, 2.45) is 5.92 Å². The normalized spacial score (nSPS) is 25.5. The van der Waals surface area contributed by atoms with E-state index in [9.17, 15) is 5.11 Å². The van der Waals surface area contributed by atoms with Crippen LogP contribution in [0.15, 0.2) is 24.3 Å². The van der Waals surface area contributed by atoms with Gasteiger partial charge in [0.1, 0.15) is 0 Å². The maximum Gasteiger partial charge on any atom is 0.0914 e. The third-order valence-corrected chi connectivity index (χ3v) is 5.19. The fourth-order valence-corrected chi connectivity index (χ4v) is 3.28. The van der Waals surface area contributed by atoms with Crippen molar-refractivity contribution in [2.75, 3.05) is 6.54 Å². The van der Waals surface area contributed by atoms with E-state index in [0.29, 0.717) is 18.5 Å². The molecule has 2 rings (SSSR count). The average Bonchev–Trinajstić information content (AvgIpc) is 2.53. The predicted molar refractivity (Wildman–Crippen MR) is 89.5 cm³/mol. The highest BCUT2D eigenvalue weighted by Gasteiger charge is 2.21. The highest BCUT2D eigenvalue weighted by Crippen LogP contribution is 2.25. The van der Waals surface area contributed by atoms with Crippen molar-refractivity contribution in [3.05, 3.63) is 35.4 Å². The van der Waals surface area contributed by atoms with Crippen LogP contribution >= 0.6 is 0 Å². The molecule has 118 valence electrons. The first kappa shape index (κ1) is 16.5. The van der Waals surface area contributed by atoms with Crippen LogP contribution in [0.3, 0.4) is 0 Å². The zero-order chi connectivity index (χ0) is 15.2. The summed E-state index contributed by atoms with van der Waals surface area (Å²) < 4.78 is 0. The van der Waals surface area contributed by atoms with Crippen LogP contribution in [0.1, 0.15) is 76.0 Å². The molecule has 4 atom stereocenters. The fourth-order valence-electron chi connectivity index (χ4n) is 3.28. The first-order chi connectivity index (χ1) is 10.1. The minimum absolute atomic E-state index is 0.398. The van der Waals surface area contributed by atoms with E-state index in [4.69, 9.17) is 0 Å². The van der Waals surface area contributed by atoms with E-state index in [2.05, 4.69) is 50.4 Å². The molecule has 0 amide bonds. The summed E-state index contributed by atoms with van der Waals surface area (Å²) in [5.74, 6) is 1.33. The van der Waals surface area contributed by atoms with E-state index in [0.717, 1.165) is 17.9 Å². The summed E-state index contributed by atoms with van der Waals surface area (Å²) in [4.78, 5) is 0. The van der Waals surface area contributed by atoms with Crippen LogP contribution in [0.5, 0.6) is 0 Å². The first-order valence-electron chi connectivity index (χ1n) is 8.63. The molecule has 0 heterocycles. The van der Waals surface area contributed by atoms with Crippen molar-refractivity contribution >= 4 is 0 Å². The summed E-state index contributed by atoms with van der Waals surface area (Å²) in [6, 6.07) is 9.06. The van der Waals surface area contributed by atoms with Crippen molar-refractivity contribution in [1.29, 1.82) is 0 Å². The van der Waals surface area contributed by atoms with Crippen LogP contribution in [-0.2, 0) is 0 Å². The lowest BCUT2D eigenvalue weighted by Crippen LogP contribution is -2.39. The van der Waals surface area contributed by atoms with Gasteiger partial charge in [0.2, 0.25) is 0 Å². The largest absolute Gasteiger partial charge is 0.387 e. The Bertz CT molecular complexity index is 414. The summed E-state index contributed by atoms with van der Waals surface area (Å²) in [6.07, 6.45) is 6.01. The predicted octanol–water partition coefficient (Wildman–Crippen LogP) is 4.40. The number of rotatable bonds is 6. The molecular formula is C19H31NO. The molecule has 2 N–H and O–H groups in total. The second-order valence-electron chi connectivity index (χ2n) is 6.77. The van der Waals surface area contributed by atoms with Gasteiger partial charge in [-0.15, -0.1) is 0 Å². The molecule has 0 radical (unpaired) electrons. The summed E-state index contributed by atoms with van der Waals surface area (Å²) in [5.41, 5.74) is 2.39. The van der Waals surface area contributed by atoms with Gasteiger partial charge in [-0.2, -0.15) is 0 Å². The van der Waals surface area contributed by atoms with Crippen LogP contribution in [0.25, 0.3) is 0 Å². The lowest BCUT2D eigenvalue weighted by atomic mass is 9.86. The van der Waals surface area contributed by atoms with E-state index in [-0.39, 0.29) is 0 Å². The molecule has 1 aromatic carbocycles. The van der Waals surface area contributed by atoms with Gasteiger partial charge in [0.05, 0.1) is 6.10 Å². The Labute approximate surface area is 130 Å². The summed E-state index contributed by atoms with van der Waals surface area (Å²) in [5, 5.41) is 13.9. The van der Waals surface area contributed by atoms with E-state index in [1.165, 1.54) is 31.2 Å². The molecule has 0 saturated heterocycles. The van der Waals surface area contributed by atoms with Crippen LogP contribution in [0, 0.1) is 5.92 Å². The Hall–Kier alpha value is -0.860. The Kier molecular flexibility index (Phi) is 6.25. The minimum atomic E-state index is -0.398. The quantitative estimate of drug-likeness (QED) is 0.813. The van der Waals surface area contributed by atoms with Gasteiger partial charge in [0, 0.05) is 12.6 Å². The van der Waals surface area contributed by atoms with Gasteiger partial charge < -0.3 is 10.4 Å². The average molecular weight is 289 g/mol. The number of benzene rings is 1. The zero-order valence-corrected chi connectivity index (χ0v) is 13.8. The van der Waals surface area contributed by atoms with Crippen LogP contribution in [0.2, 0.25) is 0 Å². The maximum atomic E-state index is 10.4. The smallest absolute Gasteiger partial charge is 0.0914 e. The standard InChI is InChI=1S/C19H31NO/c1-4-14(2)16-9-11-17(12-10-16)19(21)13-20-18-8-6-5-7-15(18)3/h9-12,14-15,18-21H,4-8,13H2,1-3H3. The first-order valence-corrected chi connectivity index (χ1v) is 8.63. The van der Waals surface area contributed by atoms with Crippen LogP contribution in [0.4, 0.5) is 0 Å². The topological polar surface area (TPSA) is 32.3 Å². The van der Waals surface area contributed by atoms with Crippen LogP contribution in [-0.4, -0.2) is 17.7 Å². The number of aliphatic hydroxyl groups excluding tert-OH is 1. The van der Waals surface area contributed by atoms with Gasteiger partial charge in [-0.1, -0.05) is 57.9 Å². The molecule has 1 aliphatic carbocycles. The third-order valence-electron chi connectivity index (χ3n) is 5.19. The monoisotopic (exact) mass is 289 g/mol. The Morgan fingerprint density at radius 1 is 1.14 bits per heavy atom. The molecule has 2 nitrogen and oxygen atoms in total. The van der Waals surface area contributed by atoms with Crippen molar-refractivity contribution in [2.45, 2.75) is 70.9 Å². The van der Waals surface area contributed by atoms with Crippen molar-refractivity contribution < 1.29 is 5.11 Å². The van der Waals surface area contributed by atoms with Gasteiger partial charge in [-0.25, -0.2) is 0 Å². The maximum absolute atomic E-state index is 10.4. The Balaban J connectivity index is 1.86. The molecule has 1 fully saturated rings. The van der Waals surface area contributed by atoms with E-state index in [1.54, 1.807) is 0 Å². The molecule has 1 aromatic rings. The third kappa shape index (κ3) is 4.55. The lowest BCUT2D eigenvalue weighted by Gasteiger charge is -2.30. The number of nitrogens with one attached hydrogen (secondary N) is 1. The van der Waals surface area contributed by atoms with Gasteiger partial charge in [0.15, 0.2) is 0 Å². The summed E-state index contributed by atoms with van der Waals surface area (Å²) in [7, 11) is 0. The SMILES string of the molecule is CCC(C)c1ccc(C(O)CNC2CCCCC2C)cc1. The van der Waals surface area contributed by atoms with Gasteiger partial charge >= 0.3 is 0 Å². The number of hydrogen-bond donors (Lipinski definition) is 2. The molecule has 0 aromatic heterocycles. The molecule has 0 bridgehead atoms. The molecule has 21 heavy (non-hydrogen) atoms. The Morgan fingerprint density at radius 2 is 1.76 bits per heavy atom. The van der Waals surface area contributed by atoms with E-state index >= 15 is 0 Å². The van der Waals surface area contributed by atoms with Crippen molar-refractivity contribution in [3.63, 3.8) is 0 Å². The second-order valence-corrected chi connectivity index (χ2v) is 6.77. The number of aliphatic hydroxyl groups is 1. The highest BCUT2D eigenvalue weighted by molar-refractivity contribution is 5.26. The van der Waals surface area contributed by atoms with Crippen molar-refractivity contribution in [3.8, 4) is 0 Å². The van der Waals surface area contributed by atoms with E-state index in [1.807, 2.05) is 0 Å². The number of hydrogen-bond acceptors (Lipinski definition) is 2. The van der Waals surface area contributed by atoms with Gasteiger partial charge in [0.25, 0.3) is 0 Å². The lowest BCUT2D eigenvalue weighted by molar-refractivity contribution is 0.157. The van der Waals surface area contributed by atoms with Crippen LogP contribution < -0.4 is 5.32 Å². The second kappa shape index (κ2) is 7.95. The highest BCUT2D eigenvalue weighted by atomic mass is 16.3. The van der Waals surface area contributed by atoms with E-state index < -0.39 is 6.10 Å². The molecule has 2 heteroatoms. The molecule has 0 spiro atoms. The van der Waals surface area contributed by atoms with Gasteiger partial charge in [-0.3, -0.25) is 0 Å². The molecule has 4 unspecified atom stereocenters.